The van der Waals surface area contributed by atoms with E-state index in [4.69, 9.17) is 0 Å². The number of aliphatic hydroxyl groups excluding tert-OH is 1. The molecule has 126 valence electrons. The molecule has 0 bridgehead atoms. The molecule has 2 heteroatoms. The second-order valence-corrected chi connectivity index (χ2v) is 6.36. The van der Waals surface area contributed by atoms with Gasteiger partial charge in [-0.25, -0.2) is 0 Å². The minimum atomic E-state index is -0.822. The Balaban J connectivity index is 2.07. The standard InChI is InChI=1S/C23H23NO/c1-3-16-10-7-11-17(4-2)22(16)23(25)21(15-24)20-13-12-18-8-5-6-9-19(18)14-20/h5-14,21,23,25H,3-4H2,1-2H3/t21-,23-/m0/s1. The number of hydrogen-bond acceptors (Lipinski definition) is 2. The smallest absolute Gasteiger partial charge is 0.101 e. The fraction of sp³-hybridized carbons (Fsp3) is 0.261. The fourth-order valence-corrected chi connectivity index (χ4v) is 3.56. The number of fused-ring (bicyclic) bond motifs is 1. The molecule has 3 aromatic rings. The van der Waals surface area contributed by atoms with Crippen LogP contribution >= 0.6 is 0 Å². The van der Waals surface area contributed by atoms with E-state index >= 15 is 0 Å². The lowest BCUT2D eigenvalue weighted by molar-refractivity contribution is 0.162. The van der Waals surface area contributed by atoms with E-state index in [1.54, 1.807) is 0 Å². The predicted molar refractivity (Wildman–Crippen MR) is 102 cm³/mol. The Hall–Kier alpha value is -2.63. The number of benzene rings is 3. The molecule has 0 fully saturated rings. The molecule has 0 aromatic heterocycles. The lowest BCUT2D eigenvalue weighted by atomic mass is 9.84. The maximum atomic E-state index is 11.1. The predicted octanol–water partition coefficient (Wildman–Crippen LogP) is 5.31. The first-order chi connectivity index (χ1) is 12.2. The molecule has 0 unspecified atom stereocenters. The van der Waals surface area contributed by atoms with Gasteiger partial charge in [0.2, 0.25) is 0 Å². The van der Waals surface area contributed by atoms with Gasteiger partial charge in [0.15, 0.2) is 0 Å². The highest BCUT2D eigenvalue weighted by Gasteiger charge is 2.26. The van der Waals surface area contributed by atoms with Crippen molar-refractivity contribution in [2.75, 3.05) is 0 Å². The Bertz CT molecular complexity index is 901. The molecule has 0 heterocycles. The minimum absolute atomic E-state index is 0.581. The molecular weight excluding hydrogens is 306 g/mol. The van der Waals surface area contributed by atoms with Crippen LogP contribution in [0.15, 0.2) is 60.7 Å². The summed E-state index contributed by atoms with van der Waals surface area (Å²) in [6, 6.07) is 22.6. The van der Waals surface area contributed by atoms with Crippen molar-refractivity contribution in [1.29, 1.82) is 5.26 Å². The topological polar surface area (TPSA) is 44.0 Å². The van der Waals surface area contributed by atoms with Crippen LogP contribution in [0.5, 0.6) is 0 Å². The van der Waals surface area contributed by atoms with Crippen LogP contribution < -0.4 is 0 Å². The Kier molecular flexibility index (Phi) is 5.16. The van der Waals surface area contributed by atoms with Crippen LogP contribution in [0, 0.1) is 11.3 Å². The third kappa shape index (κ3) is 3.29. The summed E-state index contributed by atoms with van der Waals surface area (Å²) in [7, 11) is 0. The minimum Gasteiger partial charge on any atom is -0.387 e. The highest BCUT2D eigenvalue weighted by Crippen LogP contribution is 2.36. The average Bonchev–Trinajstić information content (AvgIpc) is 2.67. The zero-order chi connectivity index (χ0) is 17.8. The van der Waals surface area contributed by atoms with E-state index in [0.717, 1.165) is 45.9 Å². The van der Waals surface area contributed by atoms with E-state index in [1.165, 1.54) is 0 Å². The van der Waals surface area contributed by atoms with E-state index in [9.17, 15) is 10.4 Å². The molecule has 0 aliphatic heterocycles. The van der Waals surface area contributed by atoms with Gasteiger partial charge < -0.3 is 5.11 Å². The van der Waals surface area contributed by atoms with Crippen molar-refractivity contribution >= 4 is 10.8 Å². The fourth-order valence-electron chi connectivity index (χ4n) is 3.56. The zero-order valence-corrected chi connectivity index (χ0v) is 14.7. The van der Waals surface area contributed by atoms with Crippen LogP contribution in [-0.4, -0.2) is 5.11 Å². The molecule has 0 amide bonds. The van der Waals surface area contributed by atoms with Crippen molar-refractivity contribution in [3.05, 3.63) is 82.9 Å². The summed E-state index contributed by atoms with van der Waals surface area (Å²) in [5.74, 6) is -0.581. The third-order valence-electron chi connectivity index (χ3n) is 4.93. The molecule has 0 saturated heterocycles. The number of aliphatic hydroxyl groups is 1. The van der Waals surface area contributed by atoms with Gasteiger partial charge in [0.25, 0.3) is 0 Å². The molecular formula is C23H23NO. The number of nitriles is 1. The van der Waals surface area contributed by atoms with Crippen molar-refractivity contribution in [2.24, 2.45) is 0 Å². The quantitative estimate of drug-likeness (QED) is 0.690. The highest BCUT2D eigenvalue weighted by atomic mass is 16.3. The molecule has 2 nitrogen and oxygen atoms in total. The molecule has 0 aliphatic carbocycles. The van der Waals surface area contributed by atoms with Crippen molar-refractivity contribution in [2.45, 2.75) is 38.7 Å². The van der Waals surface area contributed by atoms with Crippen molar-refractivity contribution in [1.82, 2.24) is 0 Å². The first-order valence-corrected chi connectivity index (χ1v) is 8.86. The molecule has 3 rings (SSSR count). The molecule has 0 radical (unpaired) electrons. The lowest BCUT2D eigenvalue weighted by Crippen LogP contribution is -2.14. The number of aryl methyl sites for hydroxylation is 2. The summed E-state index contributed by atoms with van der Waals surface area (Å²) >= 11 is 0. The SMILES string of the molecule is CCc1cccc(CC)c1[C@@H](O)[C@@H](C#N)c1ccc2ccccc2c1. The van der Waals surface area contributed by atoms with Crippen LogP contribution in [0.2, 0.25) is 0 Å². The molecule has 3 aromatic carbocycles. The van der Waals surface area contributed by atoms with Gasteiger partial charge >= 0.3 is 0 Å². The lowest BCUT2D eigenvalue weighted by Gasteiger charge is -2.23. The highest BCUT2D eigenvalue weighted by molar-refractivity contribution is 5.83. The van der Waals surface area contributed by atoms with Crippen LogP contribution in [0.25, 0.3) is 10.8 Å². The maximum Gasteiger partial charge on any atom is 0.101 e. The molecule has 0 aliphatic rings. The van der Waals surface area contributed by atoms with Crippen molar-refractivity contribution in [3.8, 4) is 6.07 Å². The van der Waals surface area contributed by atoms with Gasteiger partial charge in [0.1, 0.15) is 5.92 Å². The molecule has 0 spiro atoms. The monoisotopic (exact) mass is 329 g/mol. The summed E-state index contributed by atoms with van der Waals surface area (Å²) in [5.41, 5.74) is 4.02. The van der Waals surface area contributed by atoms with Gasteiger partial charge in [0.05, 0.1) is 12.2 Å². The Morgan fingerprint density at radius 2 is 1.52 bits per heavy atom. The van der Waals surface area contributed by atoms with E-state index < -0.39 is 12.0 Å². The number of hydrogen-bond donors (Lipinski definition) is 1. The average molecular weight is 329 g/mol. The Morgan fingerprint density at radius 1 is 0.880 bits per heavy atom. The van der Waals surface area contributed by atoms with Crippen LogP contribution in [-0.2, 0) is 12.8 Å². The summed E-state index contributed by atoms with van der Waals surface area (Å²) in [6.07, 6.45) is 0.865. The second-order valence-electron chi connectivity index (χ2n) is 6.36. The normalized spacial score (nSPS) is 13.4. The number of rotatable bonds is 5. The van der Waals surface area contributed by atoms with E-state index in [1.807, 2.05) is 54.6 Å². The molecule has 2 atom stereocenters. The third-order valence-corrected chi connectivity index (χ3v) is 4.93. The van der Waals surface area contributed by atoms with Gasteiger partial charge in [-0.1, -0.05) is 68.4 Å². The number of nitrogens with zero attached hydrogens (tertiary/aromatic N) is 1. The first kappa shape index (κ1) is 17.2. The van der Waals surface area contributed by atoms with E-state index in [-0.39, 0.29) is 0 Å². The van der Waals surface area contributed by atoms with Gasteiger partial charge in [-0.3, -0.25) is 0 Å². The maximum absolute atomic E-state index is 11.1. The largest absolute Gasteiger partial charge is 0.387 e. The van der Waals surface area contributed by atoms with Crippen molar-refractivity contribution < 1.29 is 5.11 Å². The molecule has 25 heavy (non-hydrogen) atoms. The Morgan fingerprint density at radius 3 is 2.12 bits per heavy atom. The van der Waals surface area contributed by atoms with Gasteiger partial charge in [-0.2, -0.15) is 5.26 Å². The van der Waals surface area contributed by atoms with Crippen molar-refractivity contribution in [3.63, 3.8) is 0 Å². The van der Waals surface area contributed by atoms with Gasteiger partial charge in [-0.05, 0) is 51.9 Å². The van der Waals surface area contributed by atoms with Crippen LogP contribution in [0.4, 0.5) is 0 Å². The summed E-state index contributed by atoms with van der Waals surface area (Å²) in [5, 5.41) is 23.1. The van der Waals surface area contributed by atoms with E-state index in [0.29, 0.717) is 0 Å². The molecule has 0 saturated carbocycles. The summed E-state index contributed by atoms with van der Waals surface area (Å²) in [4.78, 5) is 0. The van der Waals surface area contributed by atoms with Crippen LogP contribution in [0.1, 0.15) is 48.1 Å². The van der Waals surface area contributed by atoms with E-state index in [2.05, 4.69) is 26.0 Å². The van der Waals surface area contributed by atoms with Gasteiger partial charge in [-0.15, -0.1) is 0 Å². The zero-order valence-electron chi connectivity index (χ0n) is 14.7. The van der Waals surface area contributed by atoms with Crippen LogP contribution in [0.3, 0.4) is 0 Å². The first-order valence-electron chi connectivity index (χ1n) is 8.86. The second kappa shape index (κ2) is 7.51. The molecule has 1 N–H and O–H groups in total. The summed E-state index contributed by atoms with van der Waals surface area (Å²) < 4.78 is 0. The summed E-state index contributed by atoms with van der Waals surface area (Å²) in [6.45, 7) is 4.17. The Labute approximate surface area is 149 Å². The van der Waals surface area contributed by atoms with Gasteiger partial charge in [0, 0.05) is 0 Å².